The summed E-state index contributed by atoms with van der Waals surface area (Å²) in [4.78, 5) is 25.6. The lowest BCUT2D eigenvalue weighted by Gasteiger charge is -2.39. The van der Waals surface area contributed by atoms with Gasteiger partial charge in [-0.3, -0.25) is 9.59 Å². The summed E-state index contributed by atoms with van der Waals surface area (Å²) in [7, 11) is 3.37. The second-order valence-electron chi connectivity index (χ2n) is 6.04. The number of nitrogens with two attached hydrogens (primary N) is 1. The molecule has 1 aliphatic carbocycles. The van der Waals surface area contributed by atoms with Gasteiger partial charge in [0.15, 0.2) is 0 Å². The van der Waals surface area contributed by atoms with Crippen LogP contribution >= 0.6 is 0 Å². The van der Waals surface area contributed by atoms with Crippen molar-refractivity contribution in [2.24, 2.45) is 17.6 Å². The van der Waals surface area contributed by atoms with E-state index < -0.39 is 5.54 Å². The lowest BCUT2D eigenvalue weighted by molar-refractivity contribution is -0.138. The molecule has 0 aromatic carbocycles. The van der Waals surface area contributed by atoms with E-state index >= 15 is 0 Å². The molecule has 3 N–H and O–H groups in total. The fourth-order valence-electron chi connectivity index (χ4n) is 2.86. The van der Waals surface area contributed by atoms with Crippen molar-refractivity contribution >= 4 is 11.8 Å². The van der Waals surface area contributed by atoms with Crippen LogP contribution in [0.5, 0.6) is 0 Å². The third-order valence-corrected chi connectivity index (χ3v) is 4.17. The molecule has 0 aromatic rings. The molecule has 1 rings (SSSR count). The Kier molecular flexibility index (Phi) is 5.35. The van der Waals surface area contributed by atoms with E-state index in [0.717, 1.165) is 25.7 Å². The molecule has 1 aliphatic rings. The lowest BCUT2D eigenvalue weighted by Crippen LogP contribution is -2.53. The van der Waals surface area contributed by atoms with Crippen molar-refractivity contribution in [2.75, 3.05) is 20.6 Å². The minimum absolute atomic E-state index is 0.0428. The summed E-state index contributed by atoms with van der Waals surface area (Å²) in [6.07, 6.45) is 3.89. The normalized spacial score (nSPS) is 28.6. The van der Waals surface area contributed by atoms with Gasteiger partial charge in [-0.15, -0.1) is 0 Å². The fourth-order valence-corrected chi connectivity index (χ4v) is 2.86. The van der Waals surface area contributed by atoms with Crippen LogP contribution in [0.15, 0.2) is 0 Å². The van der Waals surface area contributed by atoms with Crippen LogP contribution in [0.25, 0.3) is 0 Å². The smallest absolute Gasteiger partial charge is 0.227 e. The van der Waals surface area contributed by atoms with Crippen molar-refractivity contribution < 1.29 is 9.59 Å². The molecule has 1 fully saturated rings. The Morgan fingerprint density at radius 2 is 2.11 bits per heavy atom. The molecule has 110 valence electrons. The van der Waals surface area contributed by atoms with Crippen molar-refractivity contribution in [1.29, 1.82) is 0 Å². The fraction of sp³-hybridized carbons (Fsp3) is 0.857. The summed E-state index contributed by atoms with van der Waals surface area (Å²) >= 11 is 0. The Bertz CT molecular complexity index is 342. The number of rotatable bonds is 4. The van der Waals surface area contributed by atoms with E-state index in [4.69, 9.17) is 5.73 Å². The maximum Gasteiger partial charge on any atom is 0.227 e. The van der Waals surface area contributed by atoms with Crippen LogP contribution in [-0.2, 0) is 9.59 Å². The van der Waals surface area contributed by atoms with E-state index in [2.05, 4.69) is 5.32 Å². The van der Waals surface area contributed by atoms with Crippen LogP contribution in [-0.4, -0.2) is 42.9 Å². The van der Waals surface area contributed by atoms with Crippen molar-refractivity contribution in [3.63, 3.8) is 0 Å². The van der Waals surface area contributed by atoms with Crippen molar-refractivity contribution in [2.45, 2.75) is 45.1 Å². The third-order valence-electron chi connectivity index (χ3n) is 4.17. The third kappa shape index (κ3) is 3.93. The van der Waals surface area contributed by atoms with Crippen LogP contribution in [0.1, 0.15) is 39.5 Å². The van der Waals surface area contributed by atoms with Gasteiger partial charge in [0.2, 0.25) is 11.8 Å². The van der Waals surface area contributed by atoms with Crippen LogP contribution in [0, 0.1) is 11.8 Å². The molecule has 0 spiro atoms. The molecule has 5 nitrogen and oxygen atoms in total. The molecular formula is C14H27N3O2. The summed E-state index contributed by atoms with van der Waals surface area (Å²) in [5, 5.41) is 2.60. The van der Waals surface area contributed by atoms with Crippen LogP contribution in [0.3, 0.4) is 0 Å². The summed E-state index contributed by atoms with van der Waals surface area (Å²) < 4.78 is 0. The first-order valence-corrected chi connectivity index (χ1v) is 7.05. The second kappa shape index (κ2) is 6.37. The number of carbonyl (C=O) groups excluding carboxylic acids is 2. The minimum atomic E-state index is -0.417. The first kappa shape index (κ1) is 16.0. The standard InChI is InChI=1S/C14H27N3O2/c1-10(12(18)16-3)9-17(4)13(19)11-7-5-6-8-14(11,2)15/h10-11H,5-9,15H2,1-4H3,(H,16,18). The molecule has 0 aliphatic heterocycles. The van der Waals surface area contributed by atoms with Gasteiger partial charge in [0.25, 0.3) is 0 Å². The van der Waals surface area contributed by atoms with E-state index in [1.165, 1.54) is 0 Å². The SMILES string of the molecule is CNC(=O)C(C)CN(C)C(=O)C1CCCCC1(C)N. The predicted molar refractivity (Wildman–Crippen MR) is 75.4 cm³/mol. The van der Waals surface area contributed by atoms with Gasteiger partial charge in [0.05, 0.1) is 11.8 Å². The van der Waals surface area contributed by atoms with Crippen molar-refractivity contribution in [1.82, 2.24) is 10.2 Å². The van der Waals surface area contributed by atoms with Gasteiger partial charge in [-0.2, -0.15) is 0 Å². The molecule has 2 amide bonds. The Balaban J connectivity index is 2.63. The van der Waals surface area contributed by atoms with E-state index in [1.54, 1.807) is 19.0 Å². The molecule has 5 heteroatoms. The van der Waals surface area contributed by atoms with E-state index in [-0.39, 0.29) is 23.7 Å². The molecular weight excluding hydrogens is 242 g/mol. The largest absolute Gasteiger partial charge is 0.359 e. The predicted octanol–water partition coefficient (Wildman–Crippen LogP) is 0.735. The summed E-state index contributed by atoms with van der Waals surface area (Å²) in [6.45, 7) is 4.22. The second-order valence-corrected chi connectivity index (χ2v) is 6.04. The molecule has 0 radical (unpaired) electrons. The van der Waals surface area contributed by atoms with Gasteiger partial charge in [-0.25, -0.2) is 0 Å². The highest BCUT2D eigenvalue weighted by Gasteiger charge is 2.39. The van der Waals surface area contributed by atoms with Crippen LogP contribution < -0.4 is 11.1 Å². The zero-order valence-electron chi connectivity index (χ0n) is 12.5. The zero-order chi connectivity index (χ0) is 14.6. The first-order chi connectivity index (χ1) is 8.79. The summed E-state index contributed by atoms with van der Waals surface area (Å²) in [5.74, 6) is -0.297. The Morgan fingerprint density at radius 3 is 2.63 bits per heavy atom. The van der Waals surface area contributed by atoms with Crippen LogP contribution in [0.2, 0.25) is 0 Å². The van der Waals surface area contributed by atoms with Gasteiger partial charge in [0, 0.05) is 26.2 Å². The average Bonchev–Trinajstić information content (AvgIpc) is 2.36. The molecule has 0 saturated heterocycles. The average molecular weight is 269 g/mol. The quantitative estimate of drug-likeness (QED) is 0.790. The zero-order valence-corrected chi connectivity index (χ0v) is 12.5. The molecule has 1 saturated carbocycles. The number of amides is 2. The maximum absolute atomic E-state index is 12.5. The molecule has 0 heterocycles. The molecule has 0 aromatic heterocycles. The van der Waals surface area contributed by atoms with Gasteiger partial charge in [0.1, 0.15) is 0 Å². The Hall–Kier alpha value is -1.10. The summed E-state index contributed by atoms with van der Waals surface area (Å²) in [5.41, 5.74) is 5.83. The monoisotopic (exact) mass is 269 g/mol. The number of nitrogens with one attached hydrogen (secondary N) is 1. The van der Waals surface area contributed by atoms with E-state index in [1.807, 2.05) is 13.8 Å². The molecule has 3 unspecified atom stereocenters. The molecule has 3 atom stereocenters. The van der Waals surface area contributed by atoms with Gasteiger partial charge in [-0.05, 0) is 19.8 Å². The topological polar surface area (TPSA) is 75.4 Å². The number of carbonyl (C=O) groups is 2. The van der Waals surface area contributed by atoms with Gasteiger partial charge in [-0.1, -0.05) is 19.8 Å². The highest BCUT2D eigenvalue weighted by molar-refractivity contribution is 5.82. The molecule has 19 heavy (non-hydrogen) atoms. The highest BCUT2D eigenvalue weighted by Crippen LogP contribution is 2.32. The lowest BCUT2D eigenvalue weighted by atomic mass is 9.74. The first-order valence-electron chi connectivity index (χ1n) is 7.05. The number of hydrogen-bond acceptors (Lipinski definition) is 3. The number of nitrogens with zero attached hydrogens (tertiary/aromatic N) is 1. The highest BCUT2D eigenvalue weighted by atomic mass is 16.2. The summed E-state index contributed by atoms with van der Waals surface area (Å²) in [6, 6.07) is 0. The molecule has 0 bridgehead atoms. The van der Waals surface area contributed by atoms with Crippen molar-refractivity contribution in [3.8, 4) is 0 Å². The van der Waals surface area contributed by atoms with E-state index in [9.17, 15) is 9.59 Å². The van der Waals surface area contributed by atoms with E-state index in [0.29, 0.717) is 6.54 Å². The Morgan fingerprint density at radius 1 is 1.47 bits per heavy atom. The van der Waals surface area contributed by atoms with Crippen LogP contribution in [0.4, 0.5) is 0 Å². The van der Waals surface area contributed by atoms with Gasteiger partial charge < -0.3 is 16.0 Å². The van der Waals surface area contributed by atoms with Crippen molar-refractivity contribution in [3.05, 3.63) is 0 Å². The Labute approximate surface area is 115 Å². The minimum Gasteiger partial charge on any atom is -0.359 e. The maximum atomic E-state index is 12.5. The number of hydrogen-bond donors (Lipinski definition) is 2. The van der Waals surface area contributed by atoms with Gasteiger partial charge >= 0.3 is 0 Å².